The van der Waals surface area contributed by atoms with Crippen molar-refractivity contribution in [3.05, 3.63) is 0 Å². The maximum Gasteiger partial charge on any atom is 0.00933 e. The molecule has 3 nitrogen and oxygen atoms in total. The Balaban J connectivity index is 2.14. The Bertz CT molecular complexity index is 186. The lowest BCUT2D eigenvalue weighted by atomic mass is 9.90. The summed E-state index contributed by atoms with van der Waals surface area (Å²) in [5.41, 5.74) is 0. The van der Waals surface area contributed by atoms with Gasteiger partial charge in [0.05, 0.1) is 0 Å². The zero-order valence-corrected chi connectivity index (χ0v) is 12.2. The average Bonchev–Trinajstić information content (AvgIpc) is 2.30. The minimum absolute atomic E-state index is 0.784. The van der Waals surface area contributed by atoms with E-state index in [1.165, 1.54) is 45.2 Å². The van der Waals surface area contributed by atoms with E-state index in [1.807, 2.05) is 0 Å². The topological polar surface area (TPSA) is 18.5 Å². The van der Waals surface area contributed by atoms with E-state index in [0.29, 0.717) is 0 Å². The molecule has 0 unspecified atom stereocenters. The first-order chi connectivity index (χ1) is 8.13. The largest absolute Gasteiger partial charge is 0.314 e. The Labute approximate surface area is 108 Å². The van der Waals surface area contributed by atoms with Gasteiger partial charge in [0.25, 0.3) is 0 Å². The van der Waals surface area contributed by atoms with Crippen LogP contribution in [0.15, 0.2) is 0 Å². The van der Waals surface area contributed by atoms with E-state index < -0.39 is 0 Å². The molecule has 3 heteroatoms. The molecule has 1 aliphatic rings. The van der Waals surface area contributed by atoms with Crippen LogP contribution in [0.4, 0.5) is 0 Å². The molecule has 1 fully saturated rings. The zero-order chi connectivity index (χ0) is 12.7. The lowest BCUT2D eigenvalue weighted by Gasteiger charge is -2.35. The summed E-state index contributed by atoms with van der Waals surface area (Å²) in [5.74, 6) is 0. The van der Waals surface area contributed by atoms with E-state index in [4.69, 9.17) is 0 Å². The van der Waals surface area contributed by atoms with Gasteiger partial charge in [-0.15, -0.1) is 0 Å². The highest BCUT2D eigenvalue weighted by molar-refractivity contribution is 4.81. The van der Waals surface area contributed by atoms with Crippen LogP contribution >= 0.6 is 0 Å². The highest BCUT2D eigenvalue weighted by Gasteiger charge is 2.22. The maximum atomic E-state index is 3.58. The molecule has 0 aliphatic heterocycles. The normalized spacial score (nSPS) is 25.8. The van der Waals surface area contributed by atoms with Gasteiger partial charge < -0.3 is 15.1 Å². The minimum Gasteiger partial charge on any atom is -0.314 e. The van der Waals surface area contributed by atoms with E-state index in [9.17, 15) is 0 Å². The van der Waals surface area contributed by atoms with Crippen molar-refractivity contribution < 1.29 is 0 Å². The predicted octanol–water partition coefficient (Wildman–Crippen LogP) is 1.79. The van der Waals surface area contributed by atoms with E-state index in [-0.39, 0.29) is 0 Å². The van der Waals surface area contributed by atoms with Crippen molar-refractivity contribution in [2.24, 2.45) is 0 Å². The summed E-state index contributed by atoms with van der Waals surface area (Å²) in [7, 11) is 6.61. The number of hydrogen-bond acceptors (Lipinski definition) is 3. The molecule has 0 aromatic rings. The fourth-order valence-corrected chi connectivity index (χ4v) is 2.83. The molecule has 1 saturated carbocycles. The average molecular weight is 241 g/mol. The molecule has 0 saturated heterocycles. The SMILES string of the molecule is CCNC1CCC(N(C)CCCN(C)C)CC1. The lowest BCUT2D eigenvalue weighted by molar-refractivity contribution is 0.169. The van der Waals surface area contributed by atoms with Crippen LogP contribution in [-0.4, -0.2) is 62.7 Å². The highest BCUT2D eigenvalue weighted by atomic mass is 15.1. The molecule has 1 N–H and O–H groups in total. The Hall–Kier alpha value is -0.120. The molecule has 0 amide bonds. The number of rotatable bonds is 7. The van der Waals surface area contributed by atoms with Crippen molar-refractivity contribution in [2.75, 3.05) is 40.8 Å². The summed E-state index contributed by atoms with van der Waals surface area (Å²) >= 11 is 0. The first-order valence-corrected chi connectivity index (χ1v) is 7.21. The van der Waals surface area contributed by atoms with Gasteiger partial charge in [-0.25, -0.2) is 0 Å². The second-order valence-corrected chi connectivity index (χ2v) is 5.70. The molecule has 1 rings (SSSR count). The molecular formula is C14H31N3. The third-order valence-corrected chi connectivity index (χ3v) is 3.93. The Morgan fingerprint density at radius 1 is 1.00 bits per heavy atom. The number of nitrogens with zero attached hydrogens (tertiary/aromatic N) is 2. The van der Waals surface area contributed by atoms with E-state index in [2.05, 4.69) is 43.2 Å². The summed E-state index contributed by atoms with van der Waals surface area (Å²) in [6, 6.07) is 1.61. The Kier molecular flexibility index (Phi) is 7.09. The van der Waals surface area contributed by atoms with Gasteiger partial charge in [0.2, 0.25) is 0 Å². The van der Waals surface area contributed by atoms with Crippen molar-refractivity contribution in [1.82, 2.24) is 15.1 Å². The van der Waals surface area contributed by atoms with Crippen molar-refractivity contribution in [3.63, 3.8) is 0 Å². The van der Waals surface area contributed by atoms with Crippen molar-refractivity contribution >= 4 is 0 Å². The molecule has 0 aromatic carbocycles. The van der Waals surface area contributed by atoms with Crippen LogP contribution in [-0.2, 0) is 0 Å². The Morgan fingerprint density at radius 3 is 2.18 bits per heavy atom. The molecule has 0 spiro atoms. The molecular weight excluding hydrogens is 210 g/mol. The maximum absolute atomic E-state index is 3.58. The quantitative estimate of drug-likeness (QED) is 0.733. The van der Waals surface area contributed by atoms with Gasteiger partial charge >= 0.3 is 0 Å². The third kappa shape index (κ3) is 5.84. The standard InChI is InChI=1S/C14H31N3/c1-5-15-13-7-9-14(10-8-13)17(4)12-6-11-16(2)3/h13-15H,5-12H2,1-4H3. The van der Waals surface area contributed by atoms with Crippen LogP contribution in [0.2, 0.25) is 0 Å². The monoisotopic (exact) mass is 241 g/mol. The van der Waals surface area contributed by atoms with E-state index >= 15 is 0 Å². The fraction of sp³-hybridized carbons (Fsp3) is 1.00. The first kappa shape index (κ1) is 14.9. The first-order valence-electron chi connectivity index (χ1n) is 7.21. The van der Waals surface area contributed by atoms with Crippen molar-refractivity contribution in [2.45, 2.75) is 51.1 Å². The summed E-state index contributed by atoms with van der Waals surface area (Å²) < 4.78 is 0. The summed E-state index contributed by atoms with van der Waals surface area (Å²) in [6.07, 6.45) is 6.75. The highest BCUT2D eigenvalue weighted by Crippen LogP contribution is 2.22. The fourth-order valence-electron chi connectivity index (χ4n) is 2.83. The molecule has 17 heavy (non-hydrogen) atoms. The van der Waals surface area contributed by atoms with Crippen LogP contribution in [0.5, 0.6) is 0 Å². The zero-order valence-electron chi connectivity index (χ0n) is 12.2. The summed E-state index contributed by atoms with van der Waals surface area (Å²) in [4.78, 5) is 4.85. The van der Waals surface area contributed by atoms with E-state index in [0.717, 1.165) is 18.6 Å². The number of hydrogen-bond donors (Lipinski definition) is 1. The Morgan fingerprint density at radius 2 is 1.65 bits per heavy atom. The van der Waals surface area contributed by atoms with Gasteiger partial charge in [-0.05, 0) is 72.9 Å². The second kappa shape index (κ2) is 8.06. The molecule has 1 aliphatic carbocycles. The molecule has 0 bridgehead atoms. The lowest BCUT2D eigenvalue weighted by Crippen LogP contribution is -2.41. The molecule has 0 heterocycles. The number of nitrogens with one attached hydrogen (secondary N) is 1. The van der Waals surface area contributed by atoms with Crippen LogP contribution in [0.1, 0.15) is 39.0 Å². The summed E-state index contributed by atoms with van der Waals surface area (Å²) in [6.45, 7) is 5.78. The summed E-state index contributed by atoms with van der Waals surface area (Å²) in [5, 5.41) is 3.58. The van der Waals surface area contributed by atoms with Gasteiger partial charge in [0.1, 0.15) is 0 Å². The van der Waals surface area contributed by atoms with Gasteiger partial charge in [-0.1, -0.05) is 6.92 Å². The van der Waals surface area contributed by atoms with Gasteiger partial charge in [0, 0.05) is 12.1 Å². The van der Waals surface area contributed by atoms with Crippen LogP contribution in [0.3, 0.4) is 0 Å². The minimum atomic E-state index is 0.784. The smallest absolute Gasteiger partial charge is 0.00933 e. The van der Waals surface area contributed by atoms with Gasteiger partial charge in [-0.2, -0.15) is 0 Å². The molecule has 102 valence electrons. The van der Waals surface area contributed by atoms with Gasteiger partial charge in [0.15, 0.2) is 0 Å². The van der Waals surface area contributed by atoms with E-state index in [1.54, 1.807) is 0 Å². The predicted molar refractivity (Wildman–Crippen MR) is 75.5 cm³/mol. The van der Waals surface area contributed by atoms with Gasteiger partial charge in [-0.3, -0.25) is 0 Å². The second-order valence-electron chi connectivity index (χ2n) is 5.70. The third-order valence-electron chi connectivity index (χ3n) is 3.93. The molecule has 0 aromatic heterocycles. The van der Waals surface area contributed by atoms with Crippen LogP contribution in [0.25, 0.3) is 0 Å². The van der Waals surface area contributed by atoms with Crippen molar-refractivity contribution in [1.29, 1.82) is 0 Å². The van der Waals surface area contributed by atoms with Crippen molar-refractivity contribution in [3.8, 4) is 0 Å². The van der Waals surface area contributed by atoms with Crippen LogP contribution in [0, 0.1) is 0 Å². The van der Waals surface area contributed by atoms with Crippen LogP contribution < -0.4 is 5.32 Å². The molecule has 0 atom stereocenters. The molecule has 0 radical (unpaired) electrons.